The Kier molecular flexibility index (Phi) is 9.42. The van der Waals surface area contributed by atoms with Crippen LogP contribution in [0.15, 0.2) is 54.6 Å². The van der Waals surface area contributed by atoms with E-state index in [0.717, 1.165) is 37.0 Å². The Labute approximate surface area is 196 Å². The van der Waals surface area contributed by atoms with Crippen molar-refractivity contribution in [1.29, 1.82) is 0 Å². The van der Waals surface area contributed by atoms with Gasteiger partial charge in [0.15, 0.2) is 0 Å². The van der Waals surface area contributed by atoms with Gasteiger partial charge in [-0.05, 0) is 56.0 Å². The maximum Gasteiger partial charge on any atom is 0.242 e. The number of ether oxygens (including phenoxy) is 1. The zero-order valence-corrected chi connectivity index (χ0v) is 19.5. The Balaban J connectivity index is 1.57. The van der Waals surface area contributed by atoms with Crippen molar-refractivity contribution in [2.24, 2.45) is 0 Å². The predicted octanol–water partition coefficient (Wildman–Crippen LogP) is 5.37. The van der Waals surface area contributed by atoms with Crippen LogP contribution < -0.4 is 10.1 Å². The molecule has 3 rings (SSSR count). The maximum atomic E-state index is 13.1. The molecule has 0 spiro atoms. The number of amides is 2. The fraction of sp³-hybridized carbons (Fsp3) is 0.462. The molecule has 1 fully saturated rings. The summed E-state index contributed by atoms with van der Waals surface area (Å²) in [5.74, 6) is 0.613. The molecule has 0 aromatic heterocycles. The first-order chi connectivity index (χ1) is 15.5. The van der Waals surface area contributed by atoms with Crippen LogP contribution in [0.1, 0.15) is 57.4 Å². The van der Waals surface area contributed by atoms with Crippen molar-refractivity contribution in [3.8, 4) is 5.75 Å². The lowest BCUT2D eigenvalue weighted by atomic mass is 9.95. The van der Waals surface area contributed by atoms with Gasteiger partial charge in [-0.1, -0.05) is 61.2 Å². The third kappa shape index (κ3) is 7.56. The fourth-order valence-corrected chi connectivity index (χ4v) is 4.15. The van der Waals surface area contributed by atoms with Crippen LogP contribution in [0.5, 0.6) is 5.75 Å². The highest BCUT2D eigenvalue weighted by Crippen LogP contribution is 2.19. The van der Waals surface area contributed by atoms with Gasteiger partial charge in [0.2, 0.25) is 11.8 Å². The van der Waals surface area contributed by atoms with Crippen LogP contribution in [0.25, 0.3) is 0 Å². The molecule has 1 saturated carbocycles. The Morgan fingerprint density at radius 3 is 2.44 bits per heavy atom. The van der Waals surface area contributed by atoms with Gasteiger partial charge in [-0.2, -0.15) is 0 Å². The number of nitrogens with one attached hydrogen (secondary N) is 1. The molecule has 2 aromatic carbocycles. The molecule has 172 valence electrons. The topological polar surface area (TPSA) is 58.6 Å². The van der Waals surface area contributed by atoms with Gasteiger partial charge in [0.05, 0.1) is 6.61 Å². The Morgan fingerprint density at radius 1 is 1.06 bits per heavy atom. The van der Waals surface area contributed by atoms with Crippen LogP contribution in [0.2, 0.25) is 5.02 Å². The van der Waals surface area contributed by atoms with Gasteiger partial charge in [-0.15, -0.1) is 0 Å². The molecular formula is C26H33ClN2O3. The van der Waals surface area contributed by atoms with Crippen molar-refractivity contribution in [2.45, 2.75) is 70.5 Å². The summed E-state index contributed by atoms with van der Waals surface area (Å²) in [6.07, 6.45) is 6.48. The molecule has 0 heterocycles. The number of nitrogens with zero attached hydrogens (tertiary/aromatic N) is 1. The van der Waals surface area contributed by atoms with E-state index in [1.54, 1.807) is 17.0 Å². The zero-order chi connectivity index (χ0) is 22.8. The van der Waals surface area contributed by atoms with E-state index >= 15 is 0 Å². The van der Waals surface area contributed by atoms with Gasteiger partial charge in [0, 0.05) is 24.0 Å². The molecule has 1 aliphatic carbocycles. The smallest absolute Gasteiger partial charge is 0.242 e. The van der Waals surface area contributed by atoms with Crippen molar-refractivity contribution in [3.63, 3.8) is 0 Å². The minimum atomic E-state index is -0.526. The van der Waals surface area contributed by atoms with Crippen molar-refractivity contribution in [1.82, 2.24) is 10.2 Å². The molecule has 5 nitrogen and oxygen atoms in total. The van der Waals surface area contributed by atoms with Gasteiger partial charge in [-0.25, -0.2) is 0 Å². The van der Waals surface area contributed by atoms with E-state index in [0.29, 0.717) is 31.0 Å². The van der Waals surface area contributed by atoms with Gasteiger partial charge in [0.25, 0.3) is 0 Å². The summed E-state index contributed by atoms with van der Waals surface area (Å²) in [6.45, 7) is 2.66. The summed E-state index contributed by atoms with van der Waals surface area (Å²) in [7, 11) is 0. The molecule has 1 N–H and O–H groups in total. The number of benzene rings is 2. The van der Waals surface area contributed by atoms with E-state index in [1.807, 2.05) is 49.4 Å². The van der Waals surface area contributed by atoms with Crippen LogP contribution in [-0.2, 0) is 16.1 Å². The summed E-state index contributed by atoms with van der Waals surface area (Å²) >= 11 is 5.89. The highest BCUT2D eigenvalue weighted by Gasteiger charge is 2.27. The van der Waals surface area contributed by atoms with Crippen LogP contribution in [0.4, 0.5) is 0 Å². The van der Waals surface area contributed by atoms with E-state index < -0.39 is 6.04 Å². The summed E-state index contributed by atoms with van der Waals surface area (Å²) in [5, 5.41) is 3.82. The molecule has 2 amide bonds. The predicted molar refractivity (Wildman–Crippen MR) is 128 cm³/mol. The lowest BCUT2D eigenvalue weighted by molar-refractivity contribution is -0.141. The number of hydrogen-bond donors (Lipinski definition) is 1. The second kappa shape index (κ2) is 12.5. The highest BCUT2D eigenvalue weighted by molar-refractivity contribution is 6.30. The van der Waals surface area contributed by atoms with Crippen LogP contribution in [0, 0.1) is 0 Å². The van der Waals surface area contributed by atoms with Gasteiger partial charge >= 0.3 is 0 Å². The van der Waals surface area contributed by atoms with Crippen LogP contribution in [-0.4, -0.2) is 35.4 Å². The first kappa shape index (κ1) is 24.1. The van der Waals surface area contributed by atoms with Gasteiger partial charge in [0.1, 0.15) is 11.8 Å². The molecule has 0 bridgehead atoms. The quantitative estimate of drug-likeness (QED) is 0.489. The SMILES string of the molecule is C[C@@H](C(=O)NC1CCCCC1)N(Cc1ccccc1)C(=O)CCCOc1ccc(Cl)cc1. The van der Waals surface area contributed by atoms with E-state index in [1.165, 1.54) is 6.42 Å². The second-order valence-electron chi connectivity index (χ2n) is 8.43. The number of rotatable bonds is 10. The Bertz CT molecular complexity index is 851. The van der Waals surface area contributed by atoms with Gasteiger partial charge < -0.3 is 15.0 Å². The molecule has 2 aromatic rings. The number of carbonyl (C=O) groups is 2. The standard InChI is InChI=1S/C26H33ClN2O3/c1-20(26(31)28-23-11-6-3-7-12-23)29(19-21-9-4-2-5-10-21)25(30)13-8-18-32-24-16-14-22(27)15-17-24/h2,4-5,9-10,14-17,20,23H,3,6-8,11-13,18-19H2,1H3,(H,28,31)/t20-/m0/s1. The molecule has 0 unspecified atom stereocenters. The lowest BCUT2D eigenvalue weighted by Crippen LogP contribution is -2.50. The third-order valence-electron chi connectivity index (χ3n) is 5.93. The molecule has 6 heteroatoms. The van der Waals surface area contributed by atoms with Crippen molar-refractivity contribution in [3.05, 3.63) is 65.2 Å². The lowest BCUT2D eigenvalue weighted by Gasteiger charge is -2.31. The van der Waals surface area contributed by atoms with Crippen LogP contribution >= 0.6 is 11.6 Å². The molecule has 0 aliphatic heterocycles. The molecule has 0 saturated heterocycles. The maximum absolute atomic E-state index is 13.1. The summed E-state index contributed by atoms with van der Waals surface area (Å²) in [5.41, 5.74) is 1.01. The van der Waals surface area contributed by atoms with Crippen molar-refractivity contribution < 1.29 is 14.3 Å². The minimum absolute atomic E-state index is 0.0418. The summed E-state index contributed by atoms with van der Waals surface area (Å²) in [4.78, 5) is 27.8. The highest BCUT2D eigenvalue weighted by atomic mass is 35.5. The minimum Gasteiger partial charge on any atom is -0.494 e. The zero-order valence-electron chi connectivity index (χ0n) is 18.8. The average Bonchev–Trinajstić information content (AvgIpc) is 2.82. The molecule has 32 heavy (non-hydrogen) atoms. The number of halogens is 1. The number of carbonyl (C=O) groups excluding carboxylic acids is 2. The summed E-state index contributed by atoms with van der Waals surface area (Å²) < 4.78 is 5.71. The largest absolute Gasteiger partial charge is 0.494 e. The van der Waals surface area contributed by atoms with E-state index in [9.17, 15) is 9.59 Å². The van der Waals surface area contributed by atoms with Crippen LogP contribution in [0.3, 0.4) is 0 Å². The van der Waals surface area contributed by atoms with Crippen molar-refractivity contribution in [2.75, 3.05) is 6.61 Å². The van der Waals surface area contributed by atoms with Crippen molar-refractivity contribution >= 4 is 23.4 Å². The first-order valence-electron chi connectivity index (χ1n) is 11.5. The van der Waals surface area contributed by atoms with E-state index in [2.05, 4.69) is 5.32 Å². The molecule has 0 radical (unpaired) electrons. The third-order valence-corrected chi connectivity index (χ3v) is 6.18. The van der Waals surface area contributed by atoms with E-state index in [-0.39, 0.29) is 17.9 Å². The van der Waals surface area contributed by atoms with E-state index in [4.69, 9.17) is 16.3 Å². The first-order valence-corrected chi connectivity index (χ1v) is 11.9. The molecular weight excluding hydrogens is 424 g/mol. The van der Waals surface area contributed by atoms with Gasteiger partial charge in [-0.3, -0.25) is 9.59 Å². The Hall–Kier alpha value is -2.53. The summed E-state index contributed by atoms with van der Waals surface area (Å²) in [6, 6.07) is 16.7. The monoisotopic (exact) mass is 456 g/mol. The second-order valence-corrected chi connectivity index (χ2v) is 8.87. The number of hydrogen-bond acceptors (Lipinski definition) is 3. The Morgan fingerprint density at radius 2 is 1.75 bits per heavy atom. The average molecular weight is 457 g/mol. The molecule has 1 atom stereocenters. The fourth-order valence-electron chi connectivity index (χ4n) is 4.02. The normalized spacial score (nSPS) is 15.1. The molecule has 1 aliphatic rings.